The van der Waals surface area contributed by atoms with E-state index in [-0.39, 0.29) is 5.91 Å². The topological polar surface area (TPSA) is 73.0 Å². The number of carbonyl (C=O) groups excluding carboxylic acids is 1. The smallest absolute Gasteiger partial charge is 0.221 e. The van der Waals surface area contributed by atoms with Crippen LogP contribution in [-0.4, -0.2) is 27.0 Å². The Labute approximate surface area is 134 Å². The third kappa shape index (κ3) is 3.77. The summed E-state index contributed by atoms with van der Waals surface area (Å²) in [7, 11) is 0. The Morgan fingerprint density at radius 3 is 3.04 bits per heavy atom. The molecule has 1 aromatic carbocycles. The molecule has 120 valence electrons. The van der Waals surface area contributed by atoms with Gasteiger partial charge in [0.05, 0.1) is 0 Å². The highest BCUT2D eigenvalue weighted by molar-refractivity contribution is 5.75. The zero-order valence-electron chi connectivity index (χ0n) is 13.2. The van der Waals surface area contributed by atoms with Crippen LogP contribution in [0, 0.1) is 0 Å². The number of oxazole rings is 1. The Bertz CT molecular complexity index is 758. The van der Waals surface area contributed by atoms with Crippen LogP contribution in [0.1, 0.15) is 25.1 Å². The van der Waals surface area contributed by atoms with E-state index in [0.29, 0.717) is 31.8 Å². The van der Waals surface area contributed by atoms with Crippen LogP contribution in [0.4, 0.5) is 0 Å². The maximum atomic E-state index is 11.9. The molecule has 1 N–H and O–H groups in total. The quantitative estimate of drug-likeness (QED) is 0.727. The number of carbonyl (C=O) groups is 1. The summed E-state index contributed by atoms with van der Waals surface area (Å²) in [4.78, 5) is 20.5. The lowest BCUT2D eigenvalue weighted by Crippen LogP contribution is -2.26. The molecule has 0 saturated carbocycles. The number of imidazole rings is 1. The molecule has 0 unspecified atom stereocenters. The fraction of sp³-hybridized carbons (Fsp3) is 0.353. The van der Waals surface area contributed by atoms with Crippen molar-refractivity contribution in [1.82, 2.24) is 19.9 Å². The second-order valence-electron chi connectivity index (χ2n) is 5.32. The Morgan fingerprint density at radius 1 is 1.35 bits per heavy atom. The summed E-state index contributed by atoms with van der Waals surface area (Å²) >= 11 is 0. The summed E-state index contributed by atoms with van der Waals surface area (Å²) < 4.78 is 7.64. The van der Waals surface area contributed by atoms with Crippen molar-refractivity contribution in [2.75, 3.05) is 6.54 Å². The van der Waals surface area contributed by atoms with Gasteiger partial charge in [-0.1, -0.05) is 19.1 Å². The Hall–Kier alpha value is -2.63. The van der Waals surface area contributed by atoms with Crippen LogP contribution in [-0.2, 0) is 24.2 Å². The highest BCUT2D eigenvalue weighted by Gasteiger charge is 2.07. The number of rotatable bonds is 7. The first kappa shape index (κ1) is 15.3. The number of aryl methyl sites for hydroxylation is 2. The van der Waals surface area contributed by atoms with Crippen molar-refractivity contribution >= 4 is 17.0 Å². The molecular formula is C17H20N4O2. The lowest BCUT2D eigenvalue weighted by Gasteiger charge is -2.07. The average molecular weight is 312 g/mol. The van der Waals surface area contributed by atoms with E-state index in [4.69, 9.17) is 4.42 Å². The summed E-state index contributed by atoms with van der Waals surface area (Å²) in [6.07, 6.45) is 5.57. The third-order valence-electron chi connectivity index (χ3n) is 3.70. The lowest BCUT2D eigenvalue weighted by atomic mass is 10.3. The number of para-hydroxylation sites is 2. The largest absolute Gasteiger partial charge is 0.441 e. The minimum Gasteiger partial charge on any atom is -0.441 e. The second kappa shape index (κ2) is 7.09. The van der Waals surface area contributed by atoms with Crippen molar-refractivity contribution in [2.45, 2.75) is 32.7 Å². The van der Waals surface area contributed by atoms with Gasteiger partial charge in [0.2, 0.25) is 5.91 Å². The summed E-state index contributed by atoms with van der Waals surface area (Å²) in [5.41, 5.74) is 1.63. The molecule has 3 rings (SSSR count). The van der Waals surface area contributed by atoms with Crippen LogP contribution in [0.5, 0.6) is 0 Å². The zero-order chi connectivity index (χ0) is 16.1. The molecule has 0 atom stereocenters. The maximum Gasteiger partial charge on any atom is 0.221 e. The monoisotopic (exact) mass is 312 g/mol. The van der Waals surface area contributed by atoms with Gasteiger partial charge in [-0.05, 0) is 12.1 Å². The summed E-state index contributed by atoms with van der Waals surface area (Å²) in [6, 6.07) is 7.65. The minimum atomic E-state index is 0.0249. The normalized spacial score (nSPS) is 11.0. The van der Waals surface area contributed by atoms with E-state index in [0.717, 1.165) is 23.3 Å². The van der Waals surface area contributed by atoms with Gasteiger partial charge in [0.25, 0.3) is 0 Å². The molecule has 6 heteroatoms. The molecule has 0 aliphatic heterocycles. The van der Waals surface area contributed by atoms with Gasteiger partial charge < -0.3 is 14.3 Å². The van der Waals surface area contributed by atoms with Crippen molar-refractivity contribution in [1.29, 1.82) is 0 Å². The van der Waals surface area contributed by atoms with Gasteiger partial charge in [-0.15, -0.1) is 0 Å². The predicted molar refractivity (Wildman–Crippen MR) is 86.9 cm³/mol. The van der Waals surface area contributed by atoms with Crippen molar-refractivity contribution in [3.63, 3.8) is 0 Å². The molecule has 6 nitrogen and oxygen atoms in total. The molecule has 3 aromatic rings. The molecule has 0 saturated heterocycles. The van der Waals surface area contributed by atoms with E-state index < -0.39 is 0 Å². The summed E-state index contributed by atoms with van der Waals surface area (Å²) in [5, 5.41) is 2.90. The van der Waals surface area contributed by atoms with E-state index in [1.165, 1.54) is 0 Å². The van der Waals surface area contributed by atoms with Gasteiger partial charge >= 0.3 is 0 Å². The fourth-order valence-corrected chi connectivity index (χ4v) is 2.50. The van der Waals surface area contributed by atoms with Crippen LogP contribution >= 0.6 is 0 Å². The van der Waals surface area contributed by atoms with Crippen LogP contribution in [0.2, 0.25) is 0 Å². The number of aromatic nitrogens is 3. The molecule has 0 radical (unpaired) electrons. The number of benzene rings is 1. The molecule has 0 fully saturated rings. The van der Waals surface area contributed by atoms with Crippen LogP contribution < -0.4 is 5.32 Å². The van der Waals surface area contributed by atoms with E-state index in [2.05, 4.69) is 22.2 Å². The molecule has 2 heterocycles. The fourth-order valence-electron chi connectivity index (χ4n) is 2.50. The first-order valence-corrected chi connectivity index (χ1v) is 7.87. The van der Waals surface area contributed by atoms with Crippen molar-refractivity contribution in [3.8, 4) is 0 Å². The van der Waals surface area contributed by atoms with Gasteiger partial charge in [-0.2, -0.15) is 0 Å². The van der Waals surface area contributed by atoms with Crippen LogP contribution in [0.25, 0.3) is 11.1 Å². The lowest BCUT2D eigenvalue weighted by molar-refractivity contribution is -0.121. The second-order valence-corrected chi connectivity index (χ2v) is 5.32. The molecule has 0 aliphatic carbocycles. The average Bonchev–Trinajstić information content (AvgIpc) is 3.18. The Balaban J connectivity index is 1.44. The maximum absolute atomic E-state index is 11.9. The van der Waals surface area contributed by atoms with Gasteiger partial charge in [0.1, 0.15) is 11.3 Å². The van der Waals surface area contributed by atoms with E-state index in [1.807, 2.05) is 35.0 Å². The highest BCUT2D eigenvalue weighted by Crippen LogP contribution is 2.14. The molecule has 0 spiro atoms. The van der Waals surface area contributed by atoms with Crippen LogP contribution in [0.3, 0.4) is 0 Å². The SMILES string of the molecule is CCc1nccn1CCC(=O)NCCc1nc2ccccc2o1. The van der Waals surface area contributed by atoms with Gasteiger partial charge in [0, 0.05) is 44.7 Å². The zero-order valence-corrected chi connectivity index (χ0v) is 13.2. The number of fused-ring (bicyclic) bond motifs is 1. The Morgan fingerprint density at radius 2 is 2.22 bits per heavy atom. The molecule has 1 amide bonds. The summed E-state index contributed by atoms with van der Waals surface area (Å²) in [6.45, 7) is 3.23. The van der Waals surface area contributed by atoms with Gasteiger partial charge in [-0.3, -0.25) is 4.79 Å². The molecule has 0 bridgehead atoms. The molecule has 0 aliphatic rings. The predicted octanol–water partition coefficient (Wildman–Crippen LogP) is 2.34. The first-order chi connectivity index (χ1) is 11.3. The van der Waals surface area contributed by atoms with E-state index in [1.54, 1.807) is 6.20 Å². The standard InChI is InChI=1S/C17H20N4O2/c1-2-15-18-10-12-21(15)11-8-16(22)19-9-7-17-20-13-5-3-4-6-14(13)23-17/h3-6,10,12H,2,7-9,11H2,1H3,(H,19,22). The van der Waals surface area contributed by atoms with Crippen molar-refractivity contribution in [2.24, 2.45) is 0 Å². The third-order valence-corrected chi connectivity index (χ3v) is 3.70. The van der Waals surface area contributed by atoms with Crippen molar-refractivity contribution in [3.05, 3.63) is 48.4 Å². The Kier molecular flexibility index (Phi) is 4.71. The molecule has 2 aromatic heterocycles. The number of amides is 1. The molecule has 23 heavy (non-hydrogen) atoms. The van der Waals surface area contributed by atoms with E-state index >= 15 is 0 Å². The highest BCUT2D eigenvalue weighted by atomic mass is 16.3. The van der Waals surface area contributed by atoms with Gasteiger partial charge in [-0.25, -0.2) is 9.97 Å². The summed E-state index contributed by atoms with van der Waals surface area (Å²) in [5.74, 6) is 1.68. The first-order valence-electron chi connectivity index (χ1n) is 7.87. The van der Waals surface area contributed by atoms with E-state index in [9.17, 15) is 4.79 Å². The van der Waals surface area contributed by atoms with Gasteiger partial charge in [0.15, 0.2) is 11.5 Å². The van der Waals surface area contributed by atoms with Crippen LogP contribution in [0.15, 0.2) is 41.1 Å². The number of hydrogen-bond acceptors (Lipinski definition) is 4. The molecular weight excluding hydrogens is 292 g/mol. The number of hydrogen-bond donors (Lipinski definition) is 1. The number of nitrogens with one attached hydrogen (secondary N) is 1. The minimum absolute atomic E-state index is 0.0249. The van der Waals surface area contributed by atoms with Crippen molar-refractivity contribution < 1.29 is 9.21 Å². The number of nitrogens with zero attached hydrogens (tertiary/aromatic N) is 3.